The molecule has 0 N–H and O–H groups in total. The summed E-state index contributed by atoms with van der Waals surface area (Å²) in [5, 5.41) is 0.469. The second kappa shape index (κ2) is 5.27. The van der Waals surface area contributed by atoms with Crippen molar-refractivity contribution in [3.63, 3.8) is 0 Å². The maximum atomic E-state index is 13.0. The first-order chi connectivity index (χ1) is 8.58. The summed E-state index contributed by atoms with van der Waals surface area (Å²) in [5.74, 6) is -0.464. The fourth-order valence-electron chi connectivity index (χ4n) is 1.62. The number of halogens is 4. The third kappa shape index (κ3) is 2.74. The Hall–Kier alpha value is -1.74. The average Bonchev–Trinajstić information content (AvgIpc) is 2.34. The molecule has 0 unspecified atom stereocenters. The van der Waals surface area contributed by atoms with Gasteiger partial charge in [0.1, 0.15) is 5.82 Å². The topological polar surface area (TPSA) is 0 Å². The summed E-state index contributed by atoms with van der Waals surface area (Å²) in [6.45, 7) is 0. The molecule has 2 aromatic carbocycles. The van der Waals surface area contributed by atoms with Crippen LogP contribution < -0.4 is 0 Å². The van der Waals surface area contributed by atoms with Crippen LogP contribution in [0.2, 0.25) is 5.02 Å². The van der Waals surface area contributed by atoms with E-state index in [9.17, 15) is 13.2 Å². The first kappa shape index (κ1) is 12.7. The van der Waals surface area contributed by atoms with Crippen LogP contribution in [0, 0.1) is 5.82 Å². The van der Waals surface area contributed by atoms with E-state index < -0.39 is 11.9 Å². The molecule has 2 rings (SSSR count). The van der Waals surface area contributed by atoms with E-state index in [1.807, 2.05) is 0 Å². The van der Waals surface area contributed by atoms with Gasteiger partial charge in [0, 0.05) is 5.02 Å². The predicted octanol–water partition coefficient (Wildman–Crippen LogP) is 5.14. The van der Waals surface area contributed by atoms with Crippen LogP contribution in [0.1, 0.15) is 11.1 Å². The van der Waals surface area contributed by atoms with Crippen molar-refractivity contribution in [1.29, 1.82) is 0 Å². The fourth-order valence-corrected chi connectivity index (χ4v) is 1.74. The molecule has 0 radical (unpaired) electrons. The number of hydrogen-bond donors (Lipinski definition) is 0. The zero-order valence-electron chi connectivity index (χ0n) is 9.13. The number of benzene rings is 2. The van der Waals surface area contributed by atoms with Gasteiger partial charge in [-0.25, -0.2) is 4.39 Å². The summed E-state index contributed by atoms with van der Waals surface area (Å²) in [5.41, 5.74) is 0.386. The molecule has 0 spiro atoms. The van der Waals surface area contributed by atoms with Crippen molar-refractivity contribution in [2.75, 3.05) is 0 Å². The zero-order valence-corrected chi connectivity index (χ0v) is 9.89. The van der Waals surface area contributed by atoms with E-state index >= 15 is 0 Å². The summed E-state index contributed by atoms with van der Waals surface area (Å²) in [6, 6.07) is 11.0. The van der Waals surface area contributed by atoms with Gasteiger partial charge in [0.05, 0.1) is 5.57 Å². The lowest BCUT2D eigenvalue weighted by atomic mass is 9.99. The maximum absolute atomic E-state index is 13.0. The van der Waals surface area contributed by atoms with Crippen molar-refractivity contribution in [2.45, 2.75) is 0 Å². The summed E-state index contributed by atoms with van der Waals surface area (Å²) < 4.78 is 38.8. The predicted molar refractivity (Wildman–Crippen MR) is 66.1 cm³/mol. The smallest absolute Gasteiger partial charge is 0.207 e. The summed E-state index contributed by atoms with van der Waals surface area (Å²) in [4.78, 5) is 0. The van der Waals surface area contributed by atoms with Crippen LogP contribution in [0.5, 0.6) is 0 Å². The highest BCUT2D eigenvalue weighted by Gasteiger charge is 2.12. The Labute approximate surface area is 107 Å². The molecule has 0 atom stereocenters. The fraction of sp³-hybridized carbons (Fsp3) is 0. The number of rotatable bonds is 2. The molecule has 0 bridgehead atoms. The van der Waals surface area contributed by atoms with Gasteiger partial charge in [-0.2, -0.15) is 8.78 Å². The third-order valence-electron chi connectivity index (χ3n) is 2.45. The molecule has 0 aliphatic heterocycles. The van der Waals surface area contributed by atoms with Crippen molar-refractivity contribution in [1.82, 2.24) is 0 Å². The highest BCUT2D eigenvalue weighted by atomic mass is 35.5. The lowest BCUT2D eigenvalue weighted by Gasteiger charge is -2.07. The van der Waals surface area contributed by atoms with Crippen molar-refractivity contribution >= 4 is 17.2 Å². The molecule has 0 saturated heterocycles. The molecular formula is C14H8ClF3. The highest BCUT2D eigenvalue weighted by Crippen LogP contribution is 2.29. The minimum atomic E-state index is -1.82. The van der Waals surface area contributed by atoms with E-state index in [0.29, 0.717) is 10.6 Å². The normalized spacial score (nSPS) is 10.2. The van der Waals surface area contributed by atoms with E-state index in [1.165, 1.54) is 36.4 Å². The van der Waals surface area contributed by atoms with Crippen LogP contribution in [-0.2, 0) is 0 Å². The van der Waals surface area contributed by atoms with Crippen LogP contribution in [0.4, 0.5) is 13.2 Å². The van der Waals surface area contributed by atoms with Crippen LogP contribution in [0.15, 0.2) is 54.6 Å². The largest absolute Gasteiger partial charge is 0.278 e. The quantitative estimate of drug-likeness (QED) is 0.708. The monoisotopic (exact) mass is 268 g/mol. The van der Waals surface area contributed by atoms with Gasteiger partial charge in [0.25, 0.3) is 6.08 Å². The highest BCUT2D eigenvalue weighted by molar-refractivity contribution is 6.30. The van der Waals surface area contributed by atoms with Crippen LogP contribution in [0.3, 0.4) is 0 Å². The molecule has 92 valence electrons. The van der Waals surface area contributed by atoms with Crippen LogP contribution in [-0.4, -0.2) is 0 Å². The molecule has 0 heterocycles. The molecular weight excluding hydrogens is 261 g/mol. The average molecular weight is 269 g/mol. The van der Waals surface area contributed by atoms with Gasteiger partial charge in [-0.1, -0.05) is 35.9 Å². The zero-order chi connectivity index (χ0) is 13.1. The Morgan fingerprint density at radius 3 is 1.67 bits per heavy atom. The van der Waals surface area contributed by atoms with E-state index in [4.69, 9.17) is 11.6 Å². The summed E-state index contributed by atoms with van der Waals surface area (Å²) in [6.07, 6.45) is -1.82. The molecule has 0 amide bonds. The van der Waals surface area contributed by atoms with Crippen LogP contribution >= 0.6 is 11.6 Å². The SMILES string of the molecule is FC(F)=C(c1ccc(F)cc1)c1ccc(Cl)cc1. The van der Waals surface area contributed by atoms with E-state index in [2.05, 4.69) is 0 Å². The minimum Gasteiger partial charge on any atom is -0.207 e. The van der Waals surface area contributed by atoms with E-state index in [1.54, 1.807) is 0 Å². The molecule has 0 saturated carbocycles. The molecule has 0 aliphatic carbocycles. The Morgan fingerprint density at radius 2 is 1.22 bits per heavy atom. The third-order valence-corrected chi connectivity index (χ3v) is 2.71. The second-order valence-corrected chi connectivity index (χ2v) is 4.09. The Bertz CT molecular complexity index is 519. The minimum absolute atomic E-state index is 0.216. The van der Waals surface area contributed by atoms with E-state index in [-0.39, 0.29) is 11.1 Å². The van der Waals surface area contributed by atoms with Crippen LogP contribution in [0.25, 0.3) is 5.57 Å². The lowest BCUT2D eigenvalue weighted by molar-refractivity contribution is 0.426. The summed E-state index contributed by atoms with van der Waals surface area (Å²) in [7, 11) is 0. The lowest BCUT2D eigenvalue weighted by Crippen LogP contribution is -1.90. The van der Waals surface area contributed by atoms with Gasteiger partial charge < -0.3 is 0 Å². The molecule has 0 aromatic heterocycles. The standard InChI is InChI=1S/C14H8ClF3/c15-11-5-1-9(2-6-11)13(14(17)18)10-3-7-12(16)8-4-10/h1-8H. The molecule has 4 heteroatoms. The van der Waals surface area contributed by atoms with Gasteiger partial charge in [0.15, 0.2) is 0 Å². The Balaban J connectivity index is 2.51. The molecule has 0 fully saturated rings. The second-order valence-electron chi connectivity index (χ2n) is 3.65. The van der Waals surface area contributed by atoms with Gasteiger partial charge in [-0.3, -0.25) is 0 Å². The maximum Gasteiger partial charge on any atom is 0.278 e. The van der Waals surface area contributed by atoms with Gasteiger partial charge in [-0.15, -0.1) is 0 Å². The molecule has 0 nitrogen and oxygen atoms in total. The van der Waals surface area contributed by atoms with Gasteiger partial charge in [-0.05, 0) is 35.4 Å². The van der Waals surface area contributed by atoms with Gasteiger partial charge in [0.2, 0.25) is 0 Å². The van der Waals surface area contributed by atoms with Crippen molar-refractivity contribution in [3.05, 3.63) is 76.6 Å². The summed E-state index contributed by atoms with van der Waals surface area (Å²) >= 11 is 5.71. The first-order valence-electron chi connectivity index (χ1n) is 5.15. The first-order valence-corrected chi connectivity index (χ1v) is 5.53. The van der Waals surface area contributed by atoms with Gasteiger partial charge >= 0.3 is 0 Å². The Kier molecular flexibility index (Phi) is 3.72. The van der Waals surface area contributed by atoms with Crippen molar-refractivity contribution in [3.8, 4) is 0 Å². The van der Waals surface area contributed by atoms with E-state index in [0.717, 1.165) is 12.1 Å². The van der Waals surface area contributed by atoms with Crippen molar-refractivity contribution in [2.24, 2.45) is 0 Å². The Morgan fingerprint density at radius 1 is 0.778 bits per heavy atom. The molecule has 0 aliphatic rings. The molecule has 18 heavy (non-hydrogen) atoms. The molecule has 2 aromatic rings. The number of hydrogen-bond acceptors (Lipinski definition) is 0. The van der Waals surface area contributed by atoms with Crippen molar-refractivity contribution < 1.29 is 13.2 Å².